The molecule has 0 saturated heterocycles. The van der Waals surface area contributed by atoms with Crippen molar-refractivity contribution in [2.75, 3.05) is 0 Å². The highest BCUT2D eigenvalue weighted by molar-refractivity contribution is 14.1. The number of hydrogen-bond donors (Lipinski definition) is 1. The summed E-state index contributed by atoms with van der Waals surface area (Å²) in [5.41, 5.74) is 8.29. The van der Waals surface area contributed by atoms with Gasteiger partial charge in [0, 0.05) is 7.14 Å². The van der Waals surface area contributed by atoms with E-state index in [1.54, 1.807) is 6.08 Å². The summed E-state index contributed by atoms with van der Waals surface area (Å²) in [7, 11) is 0. The second-order valence-corrected chi connectivity index (χ2v) is 9.82. The molecule has 2 heterocycles. The summed E-state index contributed by atoms with van der Waals surface area (Å²) in [6.07, 6.45) is 1.80. The summed E-state index contributed by atoms with van der Waals surface area (Å²) in [5.74, 6) is -0.518. The summed E-state index contributed by atoms with van der Waals surface area (Å²) in [6.45, 7) is 0. The Labute approximate surface area is 203 Å². The van der Waals surface area contributed by atoms with Crippen LogP contribution in [0.25, 0.3) is 17.5 Å². The minimum atomic E-state index is -0.601. The van der Waals surface area contributed by atoms with Gasteiger partial charge in [-0.05, 0) is 74.5 Å². The Bertz CT molecular complexity index is 1480. The second kappa shape index (κ2) is 8.38. The molecule has 146 valence electrons. The molecule has 2 aromatic carbocycles. The van der Waals surface area contributed by atoms with E-state index in [0.29, 0.717) is 14.8 Å². The third-order valence-corrected chi connectivity index (χ3v) is 7.87. The molecule has 1 aliphatic rings. The van der Waals surface area contributed by atoms with E-state index in [1.165, 1.54) is 15.9 Å². The highest BCUT2D eigenvalue weighted by Crippen LogP contribution is 2.37. The number of nitrogens with two attached hydrogens (primary N) is 1. The van der Waals surface area contributed by atoms with Gasteiger partial charge in [-0.15, -0.1) is 11.3 Å². The molecule has 1 aromatic heterocycles. The van der Waals surface area contributed by atoms with Gasteiger partial charge in [0.15, 0.2) is 0 Å². The molecule has 1 aliphatic heterocycles. The lowest BCUT2D eigenvalue weighted by Crippen LogP contribution is -2.38. The van der Waals surface area contributed by atoms with Crippen LogP contribution in [0.3, 0.4) is 0 Å². The maximum Gasteiger partial charge on any atom is 0.274 e. The predicted molar refractivity (Wildman–Crippen MR) is 134 cm³/mol. The first-order chi connectivity index (χ1) is 14.5. The smallest absolute Gasteiger partial charge is 0.274 e. The summed E-state index contributed by atoms with van der Waals surface area (Å²) in [4.78, 5) is 13.2. The highest BCUT2D eigenvalue weighted by atomic mass is 127. The summed E-state index contributed by atoms with van der Waals surface area (Å²) >= 11 is 5.62. The third kappa shape index (κ3) is 3.39. The second-order valence-electron chi connectivity index (χ2n) is 6.47. The number of allylic oxidation sites excluding steroid dienone is 1. The van der Waals surface area contributed by atoms with Crippen LogP contribution in [-0.4, -0.2) is 4.57 Å². The maximum atomic E-state index is 13.2. The van der Waals surface area contributed by atoms with Crippen molar-refractivity contribution in [3.8, 4) is 12.1 Å². The molecule has 0 saturated carbocycles. The Kier molecular flexibility index (Phi) is 5.82. The molecule has 0 aliphatic carbocycles. The standard InChI is InChI=1S/C22H12I2N4OS/c23-16-7-3-1-5-12(16)9-18-21(29)28-20(27)14(10-25)19(15(11-26)22(28)30-18)13-6-2-4-8-17(13)24/h1-9,19H,27H2/b18-9-/t19-/m1/s1. The van der Waals surface area contributed by atoms with E-state index in [0.717, 1.165) is 18.3 Å². The molecule has 0 spiro atoms. The Hall–Kier alpha value is -2.41. The SMILES string of the molecule is N#CC1=C(N)n2c(s/c(=C\c3ccccc3I)c2=O)=C(C#N)[C@@H]1c1ccccc1I. The molecular weight excluding hydrogens is 622 g/mol. The zero-order chi connectivity index (χ0) is 21.4. The lowest BCUT2D eigenvalue weighted by Gasteiger charge is -2.23. The van der Waals surface area contributed by atoms with Gasteiger partial charge in [-0.3, -0.25) is 9.36 Å². The molecule has 0 amide bonds. The van der Waals surface area contributed by atoms with Crippen LogP contribution in [0.5, 0.6) is 0 Å². The van der Waals surface area contributed by atoms with Crippen LogP contribution in [0, 0.1) is 29.8 Å². The number of nitrogens with zero attached hydrogens (tertiary/aromatic N) is 3. The number of nitriles is 2. The van der Waals surface area contributed by atoms with Gasteiger partial charge in [0.05, 0.1) is 33.7 Å². The quantitative estimate of drug-likeness (QED) is 0.439. The molecule has 4 rings (SSSR count). The van der Waals surface area contributed by atoms with Crippen LogP contribution >= 0.6 is 56.5 Å². The van der Waals surface area contributed by atoms with Gasteiger partial charge in [-0.1, -0.05) is 36.4 Å². The van der Waals surface area contributed by atoms with Crippen LogP contribution in [0.2, 0.25) is 0 Å². The molecule has 5 nitrogen and oxygen atoms in total. The predicted octanol–water partition coefficient (Wildman–Crippen LogP) is 3.07. The van der Waals surface area contributed by atoms with Gasteiger partial charge in [0.2, 0.25) is 0 Å². The zero-order valence-electron chi connectivity index (χ0n) is 15.3. The number of thiazole rings is 1. The van der Waals surface area contributed by atoms with Crippen LogP contribution in [-0.2, 0) is 0 Å². The van der Waals surface area contributed by atoms with Gasteiger partial charge < -0.3 is 5.73 Å². The molecule has 8 heteroatoms. The van der Waals surface area contributed by atoms with Crippen LogP contribution in [0.1, 0.15) is 17.0 Å². The van der Waals surface area contributed by atoms with Crippen LogP contribution in [0.15, 0.2) is 58.9 Å². The van der Waals surface area contributed by atoms with Gasteiger partial charge in [-0.25, -0.2) is 0 Å². The zero-order valence-corrected chi connectivity index (χ0v) is 20.4. The van der Waals surface area contributed by atoms with E-state index in [9.17, 15) is 15.3 Å². The van der Waals surface area contributed by atoms with Crippen molar-refractivity contribution in [2.24, 2.45) is 5.73 Å². The lowest BCUT2D eigenvalue weighted by atomic mass is 9.84. The molecule has 2 N–H and O–H groups in total. The van der Waals surface area contributed by atoms with Crippen molar-refractivity contribution in [3.05, 3.63) is 91.9 Å². The van der Waals surface area contributed by atoms with Gasteiger partial charge >= 0.3 is 0 Å². The van der Waals surface area contributed by atoms with Gasteiger partial charge in [-0.2, -0.15) is 10.5 Å². The Morgan fingerprint density at radius 2 is 1.63 bits per heavy atom. The fourth-order valence-electron chi connectivity index (χ4n) is 3.41. The minimum Gasteiger partial charge on any atom is -0.384 e. The molecule has 30 heavy (non-hydrogen) atoms. The van der Waals surface area contributed by atoms with Crippen molar-refractivity contribution >= 4 is 74.0 Å². The summed E-state index contributed by atoms with van der Waals surface area (Å²) < 4.78 is 4.17. The van der Waals surface area contributed by atoms with E-state index >= 15 is 0 Å². The van der Waals surface area contributed by atoms with E-state index in [1.807, 2.05) is 48.5 Å². The van der Waals surface area contributed by atoms with Crippen molar-refractivity contribution in [1.29, 1.82) is 10.5 Å². The van der Waals surface area contributed by atoms with Gasteiger partial charge in [0.1, 0.15) is 10.5 Å². The maximum absolute atomic E-state index is 13.2. The van der Waals surface area contributed by atoms with Crippen molar-refractivity contribution in [2.45, 2.75) is 5.92 Å². The number of halogens is 2. The lowest BCUT2D eigenvalue weighted by molar-refractivity contribution is 0.904. The largest absolute Gasteiger partial charge is 0.384 e. The number of fused-ring (bicyclic) bond motifs is 1. The molecule has 0 bridgehead atoms. The monoisotopic (exact) mass is 634 g/mol. The normalized spacial score (nSPS) is 16.2. The molecule has 1 atom stereocenters. The van der Waals surface area contributed by atoms with Crippen LogP contribution in [0.4, 0.5) is 0 Å². The minimum absolute atomic E-state index is 0.0832. The Morgan fingerprint density at radius 1 is 1.00 bits per heavy atom. The Balaban J connectivity index is 2.10. The van der Waals surface area contributed by atoms with E-state index in [-0.39, 0.29) is 17.0 Å². The number of hydrogen-bond acceptors (Lipinski definition) is 5. The van der Waals surface area contributed by atoms with E-state index < -0.39 is 5.92 Å². The first kappa shape index (κ1) is 20.8. The van der Waals surface area contributed by atoms with Crippen LogP contribution < -0.4 is 20.5 Å². The average Bonchev–Trinajstić information content (AvgIpc) is 3.06. The molecular formula is C22H12I2N4OS. The van der Waals surface area contributed by atoms with E-state index in [4.69, 9.17) is 5.73 Å². The fraction of sp³-hybridized carbons (Fsp3) is 0.0455. The first-order valence-corrected chi connectivity index (χ1v) is 11.7. The molecule has 0 unspecified atom stereocenters. The molecule has 0 fully saturated rings. The highest BCUT2D eigenvalue weighted by Gasteiger charge is 2.33. The summed E-state index contributed by atoms with van der Waals surface area (Å²) in [6, 6.07) is 19.7. The molecule has 0 radical (unpaired) electrons. The number of aromatic nitrogens is 1. The molecule has 3 aromatic rings. The first-order valence-electron chi connectivity index (χ1n) is 8.75. The Morgan fingerprint density at radius 3 is 2.27 bits per heavy atom. The third-order valence-electron chi connectivity index (χ3n) is 4.80. The van der Waals surface area contributed by atoms with Gasteiger partial charge in [0.25, 0.3) is 5.56 Å². The van der Waals surface area contributed by atoms with Crippen molar-refractivity contribution in [1.82, 2.24) is 4.57 Å². The topological polar surface area (TPSA) is 95.6 Å². The van der Waals surface area contributed by atoms with E-state index in [2.05, 4.69) is 57.3 Å². The van der Waals surface area contributed by atoms with Crippen molar-refractivity contribution < 1.29 is 0 Å². The summed E-state index contributed by atoms with van der Waals surface area (Å²) in [5, 5.41) is 19.9. The van der Waals surface area contributed by atoms with Crippen molar-refractivity contribution in [3.63, 3.8) is 0 Å². The fourth-order valence-corrected chi connectivity index (χ4v) is 5.77. The average molecular weight is 634 g/mol. The number of benzene rings is 2. The number of rotatable bonds is 2.